The number of hydrogen-bond acceptors (Lipinski definition) is 5. The minimum atomic E-state index is -6.18. The highest BCUT2D eigenvalue weighted by Gasteiger charge is 2.73. The third kappa shape index (κ3) is 5.68. The van der Waals surface area contributed by atoms with Crippen LogP contribution in [0.4, 0.5) is 35.1 Å². The van der Waals surface area contributed by atoms with Crippen LogP contribution in [-0.2, 0) is 41.1 Å². The van der Waals surface area contributed by atoms with Crippen molar-refractivity contribution in [2.45, 2.75) is 40.6 Å². The van der Waals surface area contributed by atoms with Gasteiger partial charge in [-0.3, -0.25) is 4.79 Å². The molecule has 0 aromatic heterocycles. The van der Waals surface area contributed by atoms with E-state index in [1.54, 1.807) is 6.07 Å². The lowest BCUT2D eigenvalue weighted by molar-refractivity contribution is -0.392. The Labute approximate surface area is 247 Å². The second kappa shape index (κ2) is 12.1. The number of hydrogen-bond donors (Lipinski definition) is 0. The average molecular weight is 652 g/mol. The number of sulfone groups is 1. The van der Waals surface area contributed by atoms with Gasteiger partial charge in [0, 0.05) is 31.3 Å². The highest BCUT2D eigenvalue weighted by molar-refractivity contribution is 7.92. The average Bonchev–Trinajstić information content (AvgIpc) is 3.42. The number of likely N-dealkylation sites (tertiary alicyclic amines) is 1. The van der Waals surface area contributed by atoms with Crippen LogP contribution in [0.15, 0.2) is 77.7 Å². The monoisotopic (exact) mass is 651 g/mol. The molecule has 4 rings (SSSR count). The van der Waals surface area contributed by atoms with Gasteiger partial charge in [0.25, 0.3) is 5.60 Å². The molecular formula is C29H25F8NO5S. The lowest BCUT2D eigenvalue weighted by atomic mass is 9.88. The standard InChI is InChI=1S/C29H25F8NO5S/c1-42-17-25(39)38-15-14-26(18-38,44(40,41)21-6-3-2-4-7-21)19-10-12-20(13-11-19)27(28(32,33)34,29(35,36)37)43-16-22-23(30)8-5-9-24(22)31/h2-13H,14-18H2,1H3. The van der Waals surface area contributed by atoms with Gasteiger partial charge >= 0.3 is 12.4 Å². The maximum absolute atomic E-state index is 14.4. The van der Waals surface area contributed by atoms with E-state index in [9.17, 15) is 48.3 Å². The molecular weight excluding hydrogens is 626 g/mol. The van der Waals surface area contributed by atoms with Gasteiger partial charge in [0.1, 0.15) is 23.0 Å². The zero-order valence-electron chi connectivity index (χ0n) is 22.9. The number of halogens is 8. The van der Waals surface area contributed by atoms with Crippen LogP contribution in [0, 0.1) is 11.6 Å². The summed E-state index contributed by atoms with van der Waals surface area (Å²) in [6.07, 6.45) is -12.6. The van der Waals surface area contributed by atoms with Gasteiger partial charge in [-0.15, -0.1) is 0 Å². The minimum Gasteiger partial charge on any atom is -0.375 e. The molecule has 44 heavy (non-hydrogen) atoms. The van der Waals surface area contributed by atoms with Gasteiger partial charge in [-0.1, -0.05) is 48.5 Å². The molecule has 3 aromatic carbocycles. The molecule has 3 aromatic rings. The number of methoxy groups -OCH3 is 1. The Morgan fingerprint density at radius 3 is 1.95 bits per heavy atom. The van der Waals surface area contributed by atoms with Gasteiger partial charge in [-0.05, 0) is 36.2 Å². The van der Waals surface area contributed by atoms with Gasteiger partial charge in [0.15, 0.2) is 9.84 Å². The second-order valence-electron chi connectivity index (χ2n) is 10.1. The number of amides is 1. The van der Waals surface area contributed by atoms with Crippen LogP contribution in [0.2, 0.25) is 0 Å². The molecule has 0 N–H and O–H groups in total. The summed E-state index contributed by atoms with van der Waals surface area (Å²) < 4.78 is 150. The van der Waals surface area contributed by atoms with Crippen molar-refractivity contribution in [1.82, 2.24) is 4.90 Å². The number of rotatable bonds is 9. The van der Waals surface area contributed by atoms with Crippen molar-refractivity contribution in [1.29, 1.82) is 0 Å². The van der Waals surface area contributed by atoms with Crippen molar-refractivity contribution < 1.29 is 57.8 Å². The van der Waals surface area contributed by atoms with Crippen LogP contribution in [-0.4, -0.2) is 58.4 Å². The van der Waals surface area contributed by atoms with E-state index in [1.165, 1.54) is 36.3 Å². The quantitative estimate of drug-likeness (QED) is 0.264. The first kappa shape index (κ1) is 33.3. The Hall–Kier alpha value is -3.56. The molecule has 1 aliphatic heterocycles. The predicted molar refractivity (Wildman–Crippen MR) is 140 cm³/mol. The highest BCUT2D eigenvalue weighted by Crippen LogP contribution is 2.54. The molecule has 15 heteroatoms. The summed E-state index contributed by atoms with van der Waals surface area (Å²) in [5, 5.41) is 0. The van der Waals surface area contributed by atoms with Gasteiger partial charge in [-0.2, -0.15) is 26.3 Å². The topological polar surface area (TPSA) is 72.9 Å². The molecule has 1 atom stereocenters. The Morgan fingerprint density at radius 2 is 1.43 bits per heavy atom. The van der Waals surface area contributed by atoms with Crippen molar-refractivity contribution in [2.75, 3.05) is 26.8 Å². The molecule has 0 radical (unpaired) electrons. The van der Waals surface area contributed by atoms with Crippen molar-refractivity contribution in [3.05, 3.63) is 101 Å². The number of alkyl halides is 6. The number of carbonyl (C=O) groups is 1. The highest BCUT2D eigenvalue weighted by atomic mass is 32.2. The predicted octanol–water partition coefficient (Wildman–Crippen LogP) is 6.05. The minimum absolute atomic E-state index is 0.0949. The summed E-state index contributed by atoms with van der Waals surface area (Å²) in [4.78, 5) is 13.6. The lowest BCUT2D eigenvalue weighted by Crippen LogP contribution is -2.56. The maximum atomic E-state index is 14.4. The fourth-order valence-corrected chi connectivity index (χ4v) is 7.34. The number of benzene rings is 3. The van der Waals surface area contributed by atoms with Crippen molar-refractivity contribution >= 4 is 15.7 Å². The molecule has 1 saturated heterocycles. The van der Waals surface area contributed by atoms with Crippen LogP contribution in [0.3, 0.4) is 0 Å². The van der Waals surface area contributed by atoms with Crippen molar-refractivity contribution in [3.8, 4) is 0 Å². The molecule has 1 amide bonds. The fourth-order valence-electron chi connectivity index (χ4n) is 5.24. The zero-order chi connectivity index (χ0) is 32.6. The smallest absolute Gasteiger partial charge is 0.375 e. The summed E-state index contributed by atoms with van der Waals surface area (Å²) in [6.45, 7) is -2.68. The Bertz CT molecular complexity index is 1560. The molecule has 1 aliphatic rings. The molecule has 0 spiro atoms. The molecule has 1 heterocycles. The van der Waals surface area contributed by atoms with E-state index in [-0.39, 0.29) is 30.0 Å². The number of ether oxygens (including phenoxy) is 2. The third-order valence-corrected chi connectivity index (χ3v) is 10.0. The first-order valence-corrected chi connectivity index (χ1v) is 14.4. The summed E-state index contributed by atoms with van der Waals surface area (Å²) >= 11 is 0. The van der Waals surface area contributed by atoms with E-state index in [0.29, 0.717) is 24.3 Å². The molecule has 238 valence electrons. The Kier molecular flexibility index (Phi) is 9.16. The Morgan fingerprint density at radius 1 is 0.864 bits per heavy atom. The first-order valence-electron chi connectivity index (χ1n) is 12.9. The molecule has 6 nitrogen and oxygen atoms in total. The summed E-state index contributed by atoms with van der Waals surface area (Å²) in [6, 6.07) is 11.5. The lowest BCUT2D eigenvalue weighted by Gasteiger charge is -2.38. The third-order valence-electron chi connectivity index (χ3n) is 7.53. The molecule has 0 aliphatic carbocycles. The molecule has 0 bridgehead atoms. The number of carbonyl (C=O) groups excluding carboxylic acids is 1. The fraction of sp³-hybridized carbons (Fsp3) is 0.345. The van der Waals surface area contributed by atoms with E-state index in [0.717, 1.165) is 18.2 Å². The van der Waals surface area contributed by atoms with Crippen LogP contribution < -0.4 is 0 Å². The summed E-state index contributed by atoms with van der Waals surface area (Å²) in [5.41, 5.74) is -7.89. The zero-order valence-corrected chi connectivity index (χ0v) is 23.7. The largest absolute Gasteiger partial charge is 0.430 e. The normalized spacial score (nSPS) is 18.1. The van der Waals surface area contributed by atoms with Gasteiger partial charge in [0.05, 0.1) is 11.5 Å². The van der Waals surface area contributed by atoms with Crippen molar-refractivity contribution in [3.63, 3.8) is 0 Å². The Balaban J connectivity index is 1.84. The van der Waals surface area contributed by atoms with Gasteiger partial charge in [-0.25, -0.2) is 17.2 Å². The molecule has 1 unspecified atom stereocenters. The number of nitrogens with zero attached hydrogens (tertiary/aromatic N) is 1. The van der Waals surface area contributed by atoms with E-state index in [2.05, 4.69) is 4.74 Å². The van der Waals surface area contributed by atoms with E-state index >= 15 is 0 Å². The van der Waals surface area contributed by atoms with Crippen molar-refractivity contribution in [2.24, 2.45) is 0 Å². The van der Waals surface area contributed by atoms with Crippen LogP contribution >= 0.6 is 0 Å². The van der Waals surface area contributed by atoms with Gasteiger partial charge < -0.3 is 14.4 Å². The van der Waals surface area contributed by atoms with Gasteiger partial charge in [0.2, 0.25) is 5.91 Å². The first-order chi connectivity index (χ1) is 20.5. The van der Waals surface area contributed by atoms with E-state index in [1.807, 2.05) is 0 Å². The maximum Gasteiger partial charge on any atom is 0.430 e. The second-order valence-corrected chi connectivity index (χ2v) is 12.3. The summed E-state index contributed by atoms with van der Waals surface area (Å²) in [5.74, 6) is -3.41. The molecule has 1 fully saturated rings. The van der Waals surface area contributed by atoms with Crippen LogP contribution in [0.25, 0.3) is 0 Å². The SMILES string of the molecule is COCC(=O)N1CCC(c2ccc(C(OCc3c(F)cccc3F)(C(F)(F)F)C(F)(F)F)cc2)(S(=O)(=O)c2ccccc2)C1. The molecule has 0 saturated carbocycles. The van der Waals surface area contributed by atoms with E-state index in [4.69, 9.17) is 4.74 Å². The van der Waals surface area contributed by atoms with Crippen LogP contribution in [0.1, 0.15) is 23.1 Å². The van der Waals surface area contributed by atoms with E-state index < -0.39 is 74.4 Å². The summed E-state index contributed by atoms with van der Waals surface area (Å²) in [7, 11) is -3.14. The van der Waals surface area contributed by atoms with Crippen LogP contribution in [0.5, 0.6) is 0 Å².